The lowest BCUT2D eigenvalue weighted by Gasteiger charge is -2.42. The summed E-state index contributed by atoms with van der Waals surface area (Å²) in [7, 11) is 0.516. The minimum atomic E-state index is -3.36. The van der Waals surface area contributed by atoms with Gasteiger partial charge >= 0.3 is 0 Å². The van der Waals surface area contributed by atoms with E-state index in [2.05, 4.69) is 54.5 Å². The largest absolute Gasteiger partial charge is 0.494 e. The molecule has 2 aromatic carbocycles. The van der Waals surface area contributed by atoms with Crippen molar-refractivity contribution in [1.29, 1.82) is 0 Å². The second-order valence-corrected chi connectivity index (χ2v) is 13.4. The average molecular weight is 605 g/mol. The predicted octanol–water partition coefficient (Wildman–Crippen LogP) is 3.94. The monoisotopic (exact) mass is 604 g/mol. The molecule has 0 aliphatic carbocycles. The van der Waals surface area contributed by atoms with E-state index >= 15 is 0 Å². The van der Waals surface area contributed by atoms with Gasteiger partial charge in [-0.2, -0.15) is 4.98 Å². The Morgan fingerprint density at radius 1 is 1.00 bits per heavy atom. The number of piperazine rings is 1. The van der Waals surface area contributed by atoms with Crippen LogP contribution in [0.1, 0.15) is 18.4 Å². The molecule has 0 spiro atoms. The molecule has 228 valence electrons. The lowest BCUT2D eigenvalue weighted by atomic mass is 10.0. The molecule has 0 atom stereocenters. The van der Waals surface area contributed by atoms with Crippen LogP contribution in [0.5, 0.6) is 5.75 Å². The van der Waals surface area contributed by atoms with Gasteiger partial charge in [0.2, 0.25) is 5.95 Å². The molecule has 2 saturated heterocycles. The lowest BCUT2D eigenvalue weighted by Crippen LogP contribution is -2.52. The van der Waals surface area contributed by atoms with Gasteiger partial charge in [0.05, 0.1) is 23.2 Å². The number of hydrogen-bond donors (Lipinski definition) is 3. The van der Waals surface area contributed by atoms with Gasteiger partial charge < -0.3 is 30.2 Å². The summed E-state index contributed by atoms with van der Waals surface area (Å²) in [4.78, 5) is 20.4. The van der Waals surface area contributed by atoms with Gasteiger partial charge in [0, 0.05) is 76.1 Å². The smallest absolute Gasteiger partial charge is 0.229 e. The summed E-state index contributed by atoms with van der Waals surface area (Å²) in [5.74, 6) is 1.69. The molecular weight excluding hydrogens is 564 g/mol. The minimum absolute atomic E-state index is 0.289. The molecular formula is C31H40N8O3S. The van der Waals surface area contributed by atoms with Crippen LogP contribution in [0.4, 0.5) is 23.1 Å². The molecule has 0 radical (unpaired) electrons. The fourth-order valence-corrected chi connectivity index (χ4v) is 7.04. The van der Waals surface area contributed by atoms with Gasteiger partial charge in [0.25, 0.3) is 0 Å². The maximum Gasteiger partial charge on any atom is 0.229 e. The molecule has 43 heavy (non-hydrogen) atoms. The number of methoxy groups -OCH3 is 1. The average Bonchev–Trinajstić information content (AvgIpc) is 3.49. The maximum absolute atomic E-state index is 12.3. The molecule has 12 heteroatoms. The zero-order valence-corrected chi connectivity index (χ0v) is 25.8. The van der Waals surface area contributed by atoms with Crippen LogP contribution >= 0.6 is 0 Å². The topological polar surface area (TPSA) is 119 Å². The number of aromatic amines is 1. The number of aromatic nitrogens is 3. The Balaban J connectivity index is 1.16. The van der Waals surface area contributed by atoms with E-state index in [-0.39, 0.29) is 6.54 Å². The van der Waals surface area contributed by atoms with Crippen LogP contribution in [0.25, 0.3) is 11.0 Å². The van der Waals surface area contributed by atoms with E-state index in [1.807, 2.05) is 18.2 Å². The number of anilines is 4. The Bertz CT molecular complexity index is 1680. The first kappa shape index (κ1) is 29.2. The van der Waals surface area contributed by atoms with Gasteiger partial charge in [0.15, 0.2) is 15.7 Å². The number of likely N-dealkylation sites (N-methyl/N-ethyl adjacent to an activating group) is 1. The number of ether oxygens (including phenoxy) is 1. The molecule has 3 N–H and O–H groups in total. The van der Waals surface area contributed by atoms with Crippen molar-refractivity contribution < 1.29 is 13.2 Å². The summed E-state index contributed by atoms with van der Waals surface area (Å²) in [6, 6.07) is 15.7. The first-order valence-electron chi connectivity index (χ1n) is 14.8. The second-order valence-electron chi connectivity index (χ2n) is 11.4. The van der Waals surface area contributed by atoms with Gasteiger partial charge in [-0.15, -0.1) is 0 Å². The maximum atomic E-state index is 12.3. The Morgan fingerprint density at radius 3 is 2.51 bits per heavy atom. The van der Waals surface area contributed by atoms with E-state index in [9.17, 15) is 8.42 Å². The minimum Gasteiger partial charge on any atom is -0.494 e. The van der Waals surface area contributed by atoms with Crippen molar-refractivity contribution in [2.24, 2.45) is 0 Å². The van der Waals surface area contributed by atoms with Crippen LogP contribution in [0.15, 0.2) is 59.6 Å². The van der Waals surface area contributed by atoms with Crippen LogP contribution in [-0.2, 0) is 16.4 Å². The van der Waals surface area contributed by atoms with Crippen LogP contribution in [-0.4, -0.2) is 98.9 Å². The van der Waals surface area contributed by atoms with E-state index < -0.39 is 9.84 Å². The molecule has 11 nitrogen and oxygen atoms in total. The van der Waals surface area contributed by atoms with Gasteiger partial charge in [-0.3, -0.25) is 4.90 Å². The summed E-state index contributed by atoms with van der Waals surface area (Å²) in [6.07, 6.45) is 5.36. The standard InChI is InChI=1S/C31H40N8O3S/c1-37-16-18-39(19-17-37)23-11-14-38(15-12-23)24-8-9-25(27(20-24)42-2)34-31-35-26-10-13-32-29(26)30(36-31)33-21-22-6-4-5-7-28(22)43(3,40)41/h4-10,13,20,23,32H,11-12,14-19,21H2,1-3H3,(H2,33,34,35,36). The van der Waals surface area contributed by atoms with Gasteiger partial charge in [-0.25, -0.2) is 13.4 Å². The fraction of sp³-hybridized carbons (Fsp3) is 0.419. The van der Waals surface area contributed by atoms with Crippen molar-refractivity contribution in [1.82, 2.24) is 24.8 Å². The van der Waals surface area contributed by atoms with E-state index in [0.29, 0.717) is 34.0 Å². The highest BCUT2D eigenvalue weighted by molar-refractivity contribution is 7.90. The molecule has 2 fully saturated rings. The highest BCUT2D eigenvalue weighted by Gasteiger charge is 2.27. The quantitative estimate of drug-likeness (QED) is 0.259. The third kappa shape index (κ3) is 6.56. The zero-order valence-electron chi connectivity index (χ0n) is 25.0. The third-order valence-electron chi connectivity index (χ3n) is 8.54. The molecule has 2 aliphatic rings. The molecule has 2 aliphatic heterocycles. The van der Waals surface area contributed by atoms with Crippen molar-refractivity contribution in [3.8, 4) is 5.75 Å². The van der Waals surface area contributed by atoms with E-state index in [1.165, 1.54) is 19.1 Å². The third-order valence-corrected chi connectivity index (χ3v) is 9.74. The van der Waals surface area contributed by atoms with E-state index in [4.69, 9.17) is 9.72 Å². The Kier molecular flexibility index (Phi) is 8.42. The van der Waals surface area contributed by atoms with E-state index in [0.717, 1.165) is 61.7 Å². The van der Waals surface area contributed by atoms with Gasteiger partial charge in [-0.05, 0) is 49.7 Å². The van der Waals surface area contributed by atoms with Gasteiger partial charge in [-0.1, -0.05) is 18.2 Å². The van der Waals surface area contributed by atoms with Crippen molar-refractivity contribution in [2.45, 2.75) is 30.3 Å². The summed E-state index contributed by atoms with van der Waals surface area (Å²) < 4.78 is 30.4. The van der Waals surface area contributed by atoms with Crippen molar-refractivity contribution in [3.05, 3.63) is 60.3 Å². The number of fused-ring (bicyclic) bond motifs is 1. The molecule has 6 rings (SSSR count). The number of H-pyrrole nitrogens is 1. The molecule has 2 aromatic heterocycles. The van der Waals surface area contributed by atoms with Crippen LogP contribution in [0.2, 0.25) is 0 Å². The molecule has 4 aromatic rings. The Hall–Kier alpha value is -3.87. The zero-order chi connectivity index (χ0) is 30.0. The number of nitrogens with one attached hydrogen (secondary N) is 3. The Morgan fingerprint density at radius 2 is 1.77 bits per heavy atom. The van der Waals surface area contributed by atoms with Crippen molar-refractivity contribution in [2.75, 3.05) is 75.2 Å². The number of piperidine rings is 1. The molecule has 0 amide bonds. The first-order chi connectivity index (χ1) is 20.8. The van der Waals surface area contributed by atoms with Crippen LogP contribution < -0.4 is 20.3 Å². The van der Waals surface area contributed by atoms with Crippen molar-refractivity contribution >= 4 is 44.0 Å². The molecule has 0 bridgehead atoms. The number of benzene rings is 2. The van der Waals surface area contributed by atoms with Gasteiger partial charge in [0.1, 0.15) is 11.3 Å². The second kappa shape index (κ2) is 12.4. The summed E-state index contributed by atoms with van der Waals surface area (Å²) in [5.41, 5.74) is 4.05. The molecule has 0 unspecified atom stereocenters. The molecule has 4 heterocycles. The number of sulfone groups is 1. The number of nitrogens with zero attached hydrogens (tertiary/aromatic N) is 5. The summed E-state index contributed by atoms with van der Waals surface area (Å²) in [6.45, 7) is 6.98. The number of rotatable bonds is 9. The molecule has 0 saturated carbocycles. The van der Waals surface area contributed by atoms with E-state index in [1.54, 1.807) is 31.5 Å². The van der Waals surface area contributed by atoms with Crippen molar-refractivity contribution in [3.63, 3.8) is 0 Å². The lowest BCUT2D eigenvalue weighted by molar-refractivity contribution is 0.0982. The SMILES string of the molecule is COc1cc(N2CCC(N3CCN(C)CC3)CC2)ccc1Nc1nc(NCc2ccccc2S(C)(=O)=O)c2[nH]ccc2n1. The first-order valence-corrected chi connectivity index (χ1v) is 16.7. The Labute approximate surface area is 253 Å². The number of hydrogen-bond acceptors (Lipinski definition) is 10. The van der Waals surface area contributed by atoms with Crippen LogP contribution in [0, 0.1) is 0 Å². The summed E-state index contributed by atoms with van der Waals surface area (Å²) >= 11 is 0. The fourth-order valence-electron chi connectivity index (χ4n) is 6.10. The van der Waals surface area contributed by atoms with Crippen LogP contribution in [0.3, 0.4) is 0 Å². The predicted molar refractivity (Wildman–Crippen MR) is 171 cm³/mol. The highest BCUT2D eigenvalue weighted by Crippen LogP contribution is 2.34. The normalized spacial score (nSPS) is 17.3. The highest BCUT2D eigenvalue weighted by atomic mass is 32.2. The summed E-state index contributed by atoms with van der Waals surface area (Å²) in [5, 5.41) is 6.65.